The Morgan fingerprint density at radius 2 is 1.74 bits per heavy atom. The zero-order valence-corrected chi connectivity index (χ0v) is 13.5. The minimum atomic E-state index is -0.186. The van der Waals surface area contributed by atoms with Crippen LogP contribution in [0.5, 0.6) is 0 Å². The van der Waals surface area contributed by atoms with Crippen molar-refractivity contribution in [3.63, 3.8) is 0 Å². The average Bonchev–Trinajstić information content (AvgIpc) is 2.27. The molecule has 0 amide bonds. The third-order valence-electron chi connectivity index (χ3n) is 3.19. The number of carbonyl (C=O) groups excluding carboxylic acids is 1. The van der Waals surface area contributed by atoms with Gasteiger partial charge in [-0.1, -0.05) is 44.1 Å². The summed E-state index contributed by atoms with van der Waals surface area (Å²) in [6.45, 7) is 13.0. The Kier molecular flexibility index (Phi) is 9.28. The van der Waals surface area contributed by atoms with Crippen molar-refractivity contribution in [2.24, 2.45) is 11.8 Å². The Hall–Kier alpha value is -1.05. The van der Waals surface area contributed by atoms with E-state index in [4.69, 9.17) is 4.74 Å². The van der Waals surface area contributed by atoms with Crippen LogP contribution in [0.1, 0.15) is 60.8 Å². The van der Waals surface area contributed by atoms with Gasteiger partial charge in [0.05, 0.1) is 6.61 Å². The number of hydrogen-bond acceptors (Lipinski definition) is 2. The van der Waals surface area contributed by atoms with Crippen molar-refractivity contribution < 1.29 is 9.53 Å². The van der Waals surface area contributed by atoms with Crippen molar-refractivity contribution in [1.82, 2.24) is 0 Å². The van der Waals surface area contributed by atoms with E-state index in [1.54, 1.807) is 0 Å². The fourth-order valence-corrected chi connectivity index (χ4v) is 1.75. The summed E-state index contributed by atoms with van der Waals surface area (Å²) in [6.07, 6.45) is 7.70. The number of ether oxygens (including phenoxy) is 1. The molecule has 0 spiro atoms. The summed E-state index contributed by atoms with van der Waals surface area (Å²) in [5.41, 5.74) is 2.87. The van der Waals surface area contributed by atoms with Gasteiger partial charge in [0.1, 0.15) is 0 Å². The smallest absolute Gasteiger partial charge is 0.302 e. The minimum Gasteiger partial charge on any atom is -0.466 e. The molecule has 0 saturated heterocycles. The molecule has 1 unspecified atom stereocenters. The number of hydrogen-bond donors (Lipinski definition) is 0. The van der Waals surface area contributed by atoms with E-state index < -0.39 is 0 Å². The zero-order chi connectivity index (χ0) is 14.8. The predicted octanol–water partition coefficient (Wildman–Crippen LogP) is 4.90. The van der Waals surface area contributed by atoms with Crippen molar-refractivity contribution >= 4 is 5.97 Å². The maximum absolute atomic E-state index is 10.7. The number of carbonyl (C=O) groups is 1. The largest absolute Gasteiger partial charge is 0.466 e. The first-order chi connectivity index (χ1) is 8.82. The zero-order valence-electron chi connectivity index (χ0n) is 13.5. The quantitative estimate of drug-likeness (QED) is 0.461. The van der Waals surface area contributed by atoms with Crippen LogP contribution >= 0.6 is 0 Å². The second-order valence-corrected chi connectivity index (χ2v) is 5.89. The molecule has 0 aliphatic heterocycles. The molecule has 2 heteroatoms. The number of allylic oxidation sites excluding steroid dienone is 4. The Labute approximate surface area is 118 Å². The monoisotopic (exact) mass is 266 g/mol. The summed E-state index contributed by atoms with van der Waals surface area (Å²) in [5, 5.41) is 0. The van der Waals surface area contributed by atoms with Gasteiger partial charge in [-0.25, -0.2) is 0 Å². The van der Waals surface area contributed by atoms with Crippen LogP contribution in [-0.4, -0.2) is 12.6 Å². The Morgan fingerprint density at radius 3 is 2.21 bits per heavy atom. The molecule has 1 atom stereocenters. The first-order valence-electron chi connectivity index (χ1n) is 7.28. The van der Waals surface area contributed by atoms with Crippen molar-refractivity contribution in [2.75, 3.05) is 6.61 Å². The number of esters is 1. The summed E-state index contributed by atoms with van der Waals surface area (Å²) in [4.78, 5) is 10.7. The summed E-state index contributed by atoms with van der Waals surface area (Å²) >= 11 is 0. The molecule has 0 radical (unpaired) electrons. The highest BCUT2D eigenvalue weighted by Gasteiger charge is 2.05. The lowest BCUT2D eigenvalue weighted by Crippen LogP contribution is -2.05. The Morgan fingerprint density at radius 1 is 1.11 bits per heavy atom. The predicted molar refractivity (Wildman–Crippen MR) is 82.0 cm³/mol. The van der Waals surface area contributed by atoms with Crippen LogP contribution in [0.4, 0.5) is 0 Å². The Balaban J connectivity index is 4.21. The number of rotatable bonds is 8. The fourth-order valence-electron chi connectivity index (χ4n) is 1.75. The molecular formula is C17H30O2. The van der Waals surface area contributed by atoms with Crippen LogP contribution in [-0.2, 0) is 9.53 Å². The summed E-state index contributed by atoms with van der Waals surface area (Å²) in [6, 6.07) is 0. The van der Waals surface area contributed by atoms with Crippen LogP contribution in [0.25, 0.3) is 0 Å². The summed E-state index contributed by atoms with van der Waals surface area (Å²) < 4.78 is 4.98. The van der Waals surface area contributed by atoms with Gasteiger partial charge in [-0.15, -0.1) is 0 Å². The van der Waals surface area contributed by atoms with E-state index in [0.29, 0.717) is 18.4 Å². The molecule has 0 N–H and O–H groups in total. The van der Waals surface area contributed by atoms with E-state index in [2.05, 4.69) is 46.8 Å². The van der Waals surface area contributed by atoms with E-state index in [0.717, 1.165) is 19.3 Å². The van der Waals surface area contributed by atoms with Crippen molar-refractivity contribution in [3.05, 3.63) is 23.3 Å². The molecule has 0 saturated carbocycles. The highest BCUT2D eigenvalue weighted by Crippen LogP contribution is 2.19. The lowest BCUT2D eigenvalue weighted by atomic mass is 9.94. The van der Waals surface area contributed by atoms with E-state index >= 15 is 0 Å². The van der Waals surface area contributed by atoms with Crippen LogP contribution in [0, 0.1) is 11.8 Å². The van der Waals surface area contributed by atoms with Gasteiger partial charge in [-0.2, -0.15) is 0 Å². The molecule has 0 fully saturated rings. The van der Waals surface area contributed by atoms with Crippen LogP contribution in [0.2, 0.25) is 0 Å². The first kappa shape index (κ1) is 17.9. The van der Waals surface area contributed by atoms with Crippen molar-refractivity contribution in [1.29, 1.82) is 0 Å². The molecule has 0 aromatic heterocycles. The van der Waals surface area contributed by atoms with Gasteiger partial charge in [-0.05, 0) is 44.9 Å². The van der Waals surface area contributed by atoms with Gasteiger partial charge >= 0.3 is 5.97 Å². The van der Waals surface area contributed by atoms with E-state index in [-0.39, 0.29) is 5.97 Å². The van der Waals surface area contributed by atoms with Gasteiger partial charge in [0, 0.05) is 6.92 Å². The second kappa shape index (κ2) is 9.82. The highest BCUT2D eigenvalue weighted by atomic mass is 16.5. The lowest BCUT2D eigenvalue weighted by Gasteiger charge is -2.13. The van der Waals surface area contributed by atoms with Crippen LogP contribution < -0.4 is 0 Å². The van der Waals surface area contributed by atoms with E-state index in [1.165, 1.54) is 18.1 Å². The van der Waals surface area contributed by atoms with Crippen molar-refractivity contribution in [2.45, 2.75) is 60.8 Å². The first-order valence-corrected chi connectivity index (χ1v) is 7.28. The average molecular weight is 266 g/mol. The Bertz CT molecular complexity index is 320. The normalized spacial score (nSPS) is 13.3. The van der Waals surface area contributed by atoms with E-state index in [9.17, 15) is 4.79 Å². The van der Waals surface area contributed by atoms with Gasteiger partial charge in [0.2, 0.25) is 0 Å². The molecule has 0 aliphatic rings. The molecule has 0 aromatic rings. The molecule has 0 aliphatic carbocycles. The molecular weight excluding hydrogens is 236 g/mol. The topological polar surface area (TPSA) is 26.3 Å². The maximum Gasteiger partial charge on any atom is 0.302 e. The highest BCUT2D eigenvalue weighted by molar-refractivity contribution is 5.65. The summed E-state index contributed by atoms with van der Waals surface area (Å²) in [5.74, 6) is 0.963. The van der Waals surface area contributed by atoms with Crippen molar-refractivity contribution in [3.8, 4) is 0 Å². The molecule has 19 heavy (non-hydrogen) atoms. The molecule has 0 rings (SSSR count). The SMILES string of the molecule is CC(=O)OCCC(C)C/C=C(\CC=C(C)C)C(C)C. The molecule has 0 aromatic carbocycles. The van der Waals surface area contributed by atoms with E-state index in [1.807, 2.05) is 0 Å². The molecule has 0 bridgehead atoms. The third kappa shape index (κ3) is 10.5. The summed E-state index contributed by atoms with van der Waals surface area (Å²) in [7, 11) is 0. The van der Waals surface area contributed by atoms with Gasteiger partial charge in [0.15, 0.2) is 0 Å². The molecule has 2 nitrogen and oxygen atoms in total. The van der Waals surface area contributed by atoms with Gasteiger partial charge < -0.3 is 4.74 Å². The second-order valence-electron chi connectivity index (χ2n) is 5.89. The van der Waals surface area contributed by atoms with Crippen LogP contribution in [0.15, 0.2) is 23.3 Å². The fraction of sp³-hybridized carbons (Fsp3) is 0.706. The third-order valence-corrected chi connectivity index (χ3v) is 3.19. The standard InChI is InChI=1S/C17H30O2/c1-13(2)7-9-17(14(3)4)10-8-15(5)11-12-19-16(6)18/h7,10,14-15H,8-9,11-12H2,1-6H3/b17-10+. The van der Waals surface area contributed by atoms with Gasteiger partial charge in [0.25, 0.3) is 0 Å². The molecule has 0 heterocycles. The van der Waals surface area contributed by atoms with Gasteiger partial charge in [-0.3, -0.25) is 4.79 Å². The maximum atomic E-state index is 10.7. The lowest BCUT2D eigenvalue weighted by molar-refractivity contribution is -0.141. The molecule has 110 valence electrons. The minimum absolute atomic E-state index is 0.186. The van der Waals surface area contributed by atoms with Crippen LogP contribution in [0.3, 0.4) is 0 Å².